The van der Waals surface area contributed by atoms with Crippen molar-refractivity contribution in [2.45, 2.75) is 85.4 Å². The Balaban J connectivity index is 1.96. The van der Waals surface area contributed by atoms with Gasteiger partial charge in [-0.2, -0.15) is 0 Å². The summed E-state index contributed by atoms with van der Waals surface area (Å²) in [6, 6.07) is 0.610. The number of hydrogen-bond acceptors (Lipinski definition) is 3. The Bertz CT molecular complexity index is 450. The fraction of sp³-hybridized carbons (Fsp3) is 0.882. The molecule has 1 aliphatic rings. The number of aromatic nitrogens is 3. The molecule has 0 saturated heterocycles. The fourth-order valence-corrected chi connectivity index (χ4v) is 3.35. The molecule has 4 nitrogen and oxygen atoms in total. The second-order valence-corrected chi connectivity index (χ2v) is 8.57. The highest BCUT2D eigenvalue weighted by atomic mass is 15.4. The number of rotatable bonds is 3. The summed E-state index contributed by atoms with van der Waals surface area (Å²) in [5.74, 6) is 0.754. The van der Waals surface area contributed by atoms with Crippen LogP contribution in [0, 0.1) is 11.3 Å². The molecule has 1 fully saturated rings. The van der Waals surface area contributed by atoms with Crippen LogP contribution in [0.5, 0.6) is 0 Å². The summed E-state index contributed by atoms with van der Waals surface area (Å²) >= 11 is 0. The zero-order valence-corrected chi connectivity index (χ0v) is 14.6. The summed E-state index contributed by atoms with van der Waals surface area (Å²) < 4.78 is 1.95. The van der Waals surface area contributed by atoms with Crippen LogP contribution < -0.4 is 5.32 Å². The topological polar surface area (TPSA) is 42.7 Å². The molecule has 2 unspecified atom stereocenters. The van der Waals surface area contributed by atoms with Gasteiger partial charge in [0.25, 0.3) is 0 Å². The predicted octanol–water partition coefficient (Wildman–Crippen LogP) is 3.73. The largest absolute Gasteiger partial charge is 0.308 e. The summed E-state index contributed by atoms with van der Waals surface area (Å²) in [6.07, 6.45) is 7.42. The molecule has 1 aliphatic carbocycles. The minimum absolute atomic E-state index is 0.00400. The fourth-order valence-electron chi connectivity index (χ4n) is 3.35. The lowest BCUT2D eigenvalue weighted by Crippen LogP contribution is -2.44. The Morgan fingerprint density at radius 1 is 1.14 bits per heavy atom. The Morgan fingerprint density at radius 2 is 1.81 bits per heavy atom. The Hall–Kier alpha value is -0.900. The molecule has 2 rings (SSSR count). The van der Waals surface area contributed by atoms with Gasteiger partial charge in [0, 0.05) is 12.6 Å². The van der Waals surface area contributed by atoms with Crippen molar-refractivity contribution in [1.29, 1.82) is 0 Å². The number of nitrogens with one attached hydrogen (secondary N) is 1. The van der Waals surface area contributed by atoms with Gasteiger partial charge in [0.2, 0.25) is 0 Å². The molecule has 4 heteroatoms. The van der Waals surface area contributed by atoms with Gasteiger partial charge < -0.3 is 5.32 Å². The molecule has 1 N–H and O–H groups in total. The van der Waals surface area contributed by atoms with Crippen LogP contribution in [-0.4, -0.2) is 21.0 Å². The van der Waals surface area contributed by atoms with Gasteiger partial charge in [-0.1, -0.05) is 38.8 Å². The van der Waals surface area contributed by atoms with E-state index in [1.165, 1.54) is 25.7 Å². The molecule has 0 aromatic carbocycles. The van der Waals surface area contributed by atoms with E-state index in [0.29, 0.717) is 11.5 Å². The molecular weight excluding hydrogens is 260 g/mol. The van der Waals surface area contributed by atoms with Crippen molar-refractivity contribution >= 4 is 0 Å². The normalized spacial score (nSPS) is 24.3. The van der Waals surface area contributed by atoms with Gasteiger partial charge in [0.05, 0.1) is 17.4 Å². The molecule has 0 spiro atoms. The van der Waals surface area contributed by atoms with Crippen LogP contribution >= 0.6 is 0 Å². The predicted molar refractivity (Wildman–Crippen MR) is 87.1 cm³/mol. The zero-order valence-electron chi connectivity index (χ0n) is 14.6. The van der Waals surface area contributed by atoms with Crippen molar-refractivity contribution in [1.82, 2.24) is 20.3 Å². The molecular formula is C17H32N4. The number of hydrogen-bond donors (Lipinski definition) is 1. The smallest absolute Gasteiger partial charge is 0.0965 e. The third-order valence-corrected chi connectivity index (χ3v) is 4.65. The molecule has 0 amide bonds. The standard InChI is InChI=1S/C17H32N4/c1-16(2,3)14-9-7-8-10-15(14)18-11-13-12-21(20-19-13)17(4,5)6/h12,14-15,18H,7-11H2,1-6H3. The van der Waals surface area contributed by atoms with Crippen LogP contribution in [0.1, 0.15) is 72.9 Å². The highest BCUT2D eigenvalue weighted by molar-refractivity contribution is 4.96. The van der Waals surface area contributed by atoms with Crippen molar-refractivity contribution in [2.24, 2.45) is 11.3 Å². The van der Waals surface area contributed by atoms with Gasteiger partial charge in [0.15, 0.2) is 0 Å². The molecule has 120 valence electrons. The zero-order chi connectivity index (χ0) is 15.7. The van der Waals surface area contributed by atoms with Gasteiger partial charge >= 0.3 is 0 Å². The average Bonchev–Trinajstić information content (AvgIpc) is 2.84. The van der Waals surface area contributed by atoms with Gasteiger partial charge in [-0.15, -0.1) is 5.10 Å². The first-order chi connectivity index (χ1) is 9.68. The lowest BCUT2D eigenvalue weighted by molar-refractivity contribution is 0.130. The minimum Gasteiger partial charge on any atom is -0.308 e. The molecule has 1 heterocycles. The van der Waals surface area contributed by atoms with E-state index in [4.69, 9.17) is 0 Å². The lowest BCUT2D eigenvalue weighted by Gasteiger charge is -2.41. The quantitative estimate of drug-likeness (QED) is 0.923. The summed E-state index contributed by atoms with van der Waals surface area (Å²) in [5.41, 5.74) is 1.42. The number of nitrogens with zero attached hydrogens (tertiary/aromatic N) is 3. The van der Waals surface area contributed by atoms with Gasteiger partial charge in [-0.25, -0.2) is 4.68 Å². The second kappa shape index (κ2) is 6.07. The maximum Gasteiger partial charge on any atom is 0.0965 e. The average molecular weight is 292 g/mol. The van der Waals surface area contributed by atoms with E-state index in [1.807, 2.05) is 4.68 Å². The first-order valence-electron chi connectivity index (χ1n) is 8.33. The molecule has 21 heavy (non-hydrogen) atoms. The molecule has 0 radical (unpaired) electrons. The van der Waals surface area contributed by atoms with Crippen LogP contribution in [-0.2, 0) is 12.1 Å². The summed E-state index contributed by atoms with van der Waals surface area (Å²) in [6.45, 7) is 14.4. The Labute approximate surface area is 129 Å². The Morgan fingerprint density at radius 3 is 2.38 bits per heavy atom. The van der Waals surface area contributed by atoms with Crippen LogP contribution in [0.3, 0.4) is 0 Å². The van der Waals surface area contributed by atoms with Crippen molar-refractivity contribution in [3.05, 3.63) is 11.9 Å². The highest BCUT2D eigenvalue weighted by Gasteiger charge is 2.33. The van der Waals surface area contributed by atoms with Crippen molar-refractivity contribution in [2.75, 3.05) is 0 Å². The molecule has 2 atom stereocenters. The van der Waals surface area contributed by atoms with Crippen LogP contribution in [0.15, 0.2) is 6.20 Å². The summed E-state index contributed by atoms with van der Waals surface area (Å²) in [5, 5.41) is 12.3. The SMILES string of the molecule is CC(C)(C)C1CCCCC1NCc1cn(C(C)(C)C)nn1. The van der Waals surface area contributed by atoms with E-state index >= 15 is 0 Å². The van der Waals surface area contributed by atoms with Crippen molar-refractivity contribution in [3.63, 3.8) is 0 Å². The van der Waals surface area contributed by atoms with Crippen LogP contribution in [0.2, 0.25) is 0 Å². The molecule has 1 aromatic heterocycles. The third kappa shape index (κ3) is 4.29. The van der Waals surface area contributed by atoms with Crippen LogP contribution in [0.25, 0.3) is 0 Å². The van der Waals surface area contributed by atoms with E-state index in [-0.39, 0.29) is 5.54 Å². The first kappa shape index (κ1) is 16.5. The van der Waals surface area contributed by atoms with Crippen molar-refractivity contribution < 1.29 is 0 Å². The van der Waals surface area contributed by atoms with Gasteiger partial charge in [-0.05, 0) is 44.9 Å². The van der Waals surface area contributed by atoms with Crippen LogP contribution in [0.4, 0.5) is 0 Å². The molecule has 0 aliphatic heterocycles. The van der Waals surface area contributed by atoms with E-state index in [9.17, 15) is 0 Å². The first-order valence-corrected chi connectivity index (χ1v) is 8.33. The lowest BCUT2D eigenvalue weighted by atomic mass is 9.69. The molecule has 0 bridgehead atoms. The Kier molecular flexibility index (Phi) is 4.76. The monoisotopic (exact) mass is 292 g/mol. The minimum atomic E-state index is 0.00400. The maximum atomic E-state index is 4.30. The molecule has 1 saturated carbocycles. The van der Waals surface area contributed by atoms with E-state index in [1.54, 1.807) is 0 Å². The van der Waals surface area contributed by atoms with Gasteiger partial charge in [-0.3, -0.25) is 0 Å². The maximum absolute atomic E-state index is 4.30. The summed E-state index contributed by atoms with van der Waals surface area (Å²) in [4.78, 5) is 0. The third-order valence-electron chi connectivity index (χ3n) is 4.65. The van der Waals surface area contributed by atoms with E-state index in [2.05, 4.69) is 63.4 Å². The van der Waals surface area contributed by atoms with E-state index < -0.39 is 0 Å². The summed E-state index contributed by atoms with van der Waals surface area (Å²) in [7, 11) is 0. The highest BCUT2D eigenvalue weighted by Crippen LogP contribution is 2.38. The molecule has 1 aromatic rings. The van der Waals surface area contributed by atoms with E-state index in [0.717, 1.165) is 18.2 Å². The second-order valence-electron chi connectivity index (χ2n) is 8.57. The van der Waals surface area contributed by atoms with Gasteiger partial charge in [0.1, 0.15) is 0 Å². The van der Waals surface area contributed by atoms with Crippen molar-refractivity contribution in [3.8, 4) is 0 Å².